The van der Waals surface area contributed by atoms with Crippen LogP contribution in [-0.4, -0.2) is 32.2 Å². The molecule has 0 amide bonds. The van der Waals surface area contributed by atoms with Gasteiger partial charge in [-0.25, -0.2) is 0 Å². The second-order valence-corrected chi connectivity index (χ2v) is 5.94. The molecule has 21 heavy (non-hydrogen) atoms. The van der Waals surface area contributed by atoms with Gasteiger partial charge in [-0.2, -0.15) is 0 Å². The third kappa shape index (κ3) is 3.39. The third-order valence-electron chi connectivity index (χ3n) is 4.52. The van der Waals surface area contributed by atoms with Gasteiger partial charge < -0.3 is 19.9 Å². The molecule has 3 rings (SSSR count). The van der Waals surface area contributed by atoms with Crippen molar-refractivity contribution in [2.24, 2.45) is 11.7 Å². The summed E-state index contributed by atoms with van der Waals surface area (Å²) in [5.41, 5.74) is 6.76. The highest BCUT2D eigenvalue weighted by Crippen LogP contribution is 2.42. The Balaban J connectivity index is 1.64. The molecular formula is C17H25NO3. The van der Waals surface area contributed by atoms with Crippen LogP contribution in [0, 0.1) is 5.92 Å². The Morgan fingerprint density at radius 1 is 1.14 bits per heavy atom. The lowest BCUT2D eigenvalue weighted by molar-refractivity contribution is -0.212. The first-order chi connectivity index (χ1) is 10.3. The topological polar surface area (TPSA) is 53.7 Å². The first-order valence-corrected chi connectivity index (χ1v) is 8.02. The minimum atomic E-state index is -0.313. The van der Waals surface area contributed by atoms with Crippen LogP contribution < -0.4 is 10.5 Å². The normalized spacial score (nSPS) is 24.3. The van der Waals surface area contributed by atoms with E-state index < -0.39 is 0 Å². The van der Waals surface area contributed by atoms with Crippen LogP contribution in [0.1, 0.15) is 31.2 Å². The fourth-order valence-electron chi connectivity index (χ4n) is 3.48. The van der Waals surface area contributed by atoms with E-state index in [-0.39, 0.29) is 5.79 Å². The maximum absolute atomic E-state index is 5.98. The molecule has 1 aliphatic carbocycles. The summed E-state index contributed by atoms with van der Waals surface area (Å²) in [5.74, 6) is 1.04. The van der Waals surface area contributed by atoms with Crippen molar-refractivity contribution in [2.75, 3.05) is 26.4 Å². The lowest BCUT2D eigenvalue weighted by Crippen LogP contribution is -2.42. The summed E-state index contributed by atoms with van der Waals surface area (Å²) in [4.78, 5) is 0. The van der Waals surface area contributed by atoms with Gasteiger partial charge in [0.05, 0.1) is 13.2 Å². The van der Waals surface area contributed by atoms with Crippen molar-refractivity contribution in [3.05, 3.63) is 29.8 Å². The minimum absolute atomic E-state index is 0.313. The third-order valence-corrected chi connectivity index (χ3v) is 4.52. The first-order valence-electron chi connectivity index (χ1n) is 8.02. The largest absolute Gasteiger partial charge is 0.492 e. The second kappa shape index (κ2) is 6.77. The van der Waals surface area contributed by atoms with Crippen molar-refractivity contribution in [3.63, 3.8) is 0 Å². The SMILES string of the molecule is NCCOc1ccc(CC2CCCCC23OCCO3)cc1. The van der Waals surface area contributed by atoms with Gasteiger partial charge in [-0.1, -0.05) is 18.6 Å². The fraction of sp³-hybridized carbons (Fsp3) is 0.647. The van der Waals surface area contributed by atoms with Crippen LogP contribution in [0.3, 0.4) is 0 Å². The molecule has 1 saturated carbocycles. The Morgan fingerprint density at radius 2 is 1.90 bits per heavy atom. The molecule has 4 heteroatoms. The lowest BCUT2D eigenvalue weighted by Gasteiger charge is -2.39. The zero-order valence-corrected chi connectivity index (χ0v) is 12.6. The molecule has 116 valence electrons. The number of hydrogen-bond acceptors (Lipinski definition) is 4. The predicted molar refractivity (Wildman–Crippen MR) is 81.3 cm³/mol. The summed E-state index contributed by atoms with van der Waals surface area (Å²) in [6, 6.07) is 8.33. The van der Waals surface area contributed by atoms with Gasteiger partial charge in [-0.3, -0.25) is 0 Å². The van der Waals surface area contributed by atoms with Crippen LogP contribution in [0.4, 0.5) is 0 Å². The number of nitrogens with two attached hydrogens (primary N) is 1. The number of benzene rings is 1. The van der Waals surface area contributed by atoms with Gasteiger partial charge in [-0.05, 0) is 37.0 Å². The van der Waals surface area contributed by atoms with Crippen molar-refractivity contribution in [1.82, 2.24) is 0 Å². The van der Waals surface area contributed by atoms with Crippen molar-refractivity contribution < 1.29 is 14.2 Å². The molecule has 1 unspecified atom stereocenters. The van der Waals surface area contributed by atoms with E-state index in [1.165, 1.54) is 24.8 Å². The molecule has 0 radical (unpaired) electrons. The Morgan fingerprint density at radius 3 is 2.62 bits per heavy atom. The van der Waals surface area contributed by atoms with Crippen molar-refractivity contribution >= 4 is 0 Å². The smallest absolute Gasteiger partial charge is 0.171 e. The molecule has 4 nitrogen and oxygen atoms in total. The summed E-state index contributed by atoms with van der Waals surface area (Å²) in [6.07, 6.45) is 5.72. The molecule has 1 aromatic carbocycles. The Kier molecular flexibility index (Phi) is 4.78. The van der Waals surface area contributed by atoms with Crippen LogP contribution in [0.5, 0.6) is 5.75 Å². The van der Waals surface area contributed by atoms with E-state index in [9.17, 15) is 0 Å². The zero-order chi connectivity index (χ0) is 14.5. The molecule has 1 aromatic rings. The minimum Gasteiger partial charge on any atom is -0.492 e. The maximum atomic E-state index is 5.98. The van der Waals surface area contributed by atoms with E-state index >= 15 is 0 Å². The number of ether oxygens (including phenoxy) is 3. The first kappa shape index (κ1) is 14.8. The number of rotatable bonds is 5. The van der Waals surface area contributed by atoms with Gasteiger partial charge in [-0.15, -0.1) is 0 Å². The Labute approximate surface area is 126 Å². The van der Waals surface area contributed by atoms with Gasteiger partial charge >= 0.3 is 0 Å². The zero-order valence-electron chi connectivity index (χ0n) is 12.6. The van der Waals surface area contributed by atoms with E-state index in [1.54, 1.807) is 0 Å². The summed E-state index contributed by atoms with van der Waals surface area (Å²) in [5, 5.41) is 0. The monoisotopic (exact) mass is 291 g/mol. The molecule has 0 bridgehead atoms. The van der Waals surface area contributed by atoms with Gasteiger partial charge in [0.2, 0.25) is 0 Å². The molecule has 2 fully saturated rings. The fourth-order valence-corrected chi connectivity index (χ4v) is 3.48. The van der Waals surface area contributed by atoms with Crippen LogP contribution in [0.15, 0.2) is 24.3 Å². The Hall–Kier alpha value is -1.10. The van der Waals surface area contributed by atoms with Gasteiger partial charge in [0.15, 0.2) is 5.79 Å². The van der Waals surface area contributed by atoms with Gasteiger partial charge in [0.1, 0.15) is 12.4 Å². The summed E-state index contributed by atoms with van der Waals surface area (Å²) in [6.45, 7) is 2.58. The molecule has 1 heterocycles. The summed E-state index contributed by atoms with van der Waals surface area (Å²) >= 11 is 0. The molecule has 1 atom stereocenters. The molecule has 2 N–H and O–H groups in total. The average molecular weight is 291 g/mol. The highest BCUT2D eigenvalue weighted by molar-refractivity contribution is 5.27. The number of hydrogen-bond donors (Lipinski definition) is 1. The highest BCUT2D eigenvalue weighted by atomic mass is 16.7. The molecule has 2 aliphatic rings. The average Bonchev–Trinajstić information content (AvgIpc) is 2.98. The summed E-state index contributed by atoms with van der Waals surface area (Å²) in [7, 11) is 0. The predicted octanol–water partition coefficient (Wildman–Crippen LogP) is 2.50. The maximum Gasteiger partial charge on any atom is 0.171 e. The van der Waals surface area contributed by atoms with E-state index in [0.29, 0.717) is 19.1 Å². The Bertz CT molecular complexity index is 440. The highest BCUT2D eigenvalue weighted by Gasteiger charge is 2.45. The van der Waals surface area contributed by atoms with Crippen molar-refractivity contribution in [1.29, 1.82) is 0 Å². The molecule has 1 aliphatic heterocycles. The van der Waals surface area contributed by atoms with Crippen LogP contribution in [0.2, 0.25) is 0 Å². The van der Waals surface area contributed by atoms with E-state index in [2.05, 4.69) is 12.1 Å². The lowest BCUT2D eigenvalue weighted by atomic mass is 9.79. The van der Waals surface area contributed by atoms with Gasteiger partial charge in [0, 0.05) is 18.9 Å². The molecule has 1 spiro atoms. The van der Waals surface area contributed by atoms with Crippen molar-refractivity contribution in [2.45, 2.75) is 37.9 Å². The van der Waals surface area contributed by atoms with E-state index in [0.717, 1.165) is 31.8 Å². The van der Waals surface area contributed by atoms with E-state index in [4.69, 9.17) is 19.9 Å². The summed E-state index contributed by atoms with van der Waals surface area (Å²) < 4.78 is 17.5. The molecule has 0 aromatic heterocycles. The molecular weight excluding hydrogens is 266 g/mol. The standard InChI is InChI=1S/C17H25NO3/c18-9-10-19-16-6-4-14(5-7-16)13-15-3-1-2-8-17(15)20-11-12-21-17/h4-7,15H,1-3,8-13,18H2. The van der Waals surface area contributed by atoms with Crippen LogP contribution >= 0.6 is 0 Å². The van der Waals surface area contributed by atoms with Crippen LogP contribution in [-0.2, 0) is 15.9 Å². The van der Waals surface area contributed by atoms with Crippen molar-refractivity contribution in [3.8, 4) is 5.75 Å². The van der Waals surface area contributed by atoms with E-state index in [1.807, 2.05) is 12.1 Å². The second-order valence-electron chi connectivity index (χ2n) is 5.94. The van der Waals surface area contributed by atoms with Crippen LogP contribution in [0.25, 0.3) is 0 Å². The molecule has 1 saturated heterocycles. The van der Waals surface area contributed by atoms with Gasteiger partial charge in [0.25, 0.3) is 0 Å². The quantitative estimate of drug-likeness (QED) is 0.905.